The van der Waals surface area contributed by atoms with Gasteiger partial charge in [-0.15, -0.1) is 0 Å². The van der Waals surface area contributed by atoms with Crippen LogP contribution in [0.4, 0.5) is 0 Å². The average molecular weight is 312 g/mol. The standard InChI is InChI=1S/C18H20N2O3/c1-12-7-3-4-8-14(12)13(2)20-17(21)11-23-16-10-6-5-9-15(16)18(19)22/h3-10,13H,11H2,1-2H3,(H2,19,22)(H,20,21). The molecule has 0 aromatic heterocycles. The zero-order chi connectivity index (χ0) is 16.8. The summed E-state index contributed by atoms with van der Waals surface area (Å²) in [4.78, 5) is 23.3. The van der Waals surface area contributed by atoms with Crippen molar-refractivity contribution in [2.75, 3.05) is 6.61 Å². The second-order valence-electron chi connectivity index (χ2n) is 5.29. The maximum atomic E-state index is 12.0. The first-order valence-electron chi connectivity index (χ1n) is 7.35. The largest absolute Gasteiger partial charge is 0.483 e. The lowest BCUT2D eigenvalue weighted by molar-refractivity contribution is -0.123. The summed E-state index contributed by atoms with van der Waals surface area (Å²) in [5.74, 6) is -0.548. The zero-order valence-corrected chi connectivity index (χ0v) is 13.2. The molecule has 3 N–H and O–H groups in total. The zero-order valence-electron chi connectivity index (χ0n) is 13.2. The van der Waals surface area contributed by atoms with Crippen molar-refractivity contribution in [1.82, 2.24) is 5.32 Å². The third-order valence-electron chi connectivity index (χ3n) is 3.54. The number of para-hydroxylation sites is 1. The quantitative estimate of drug-likeness (QED) is 0.859. The van der Waals surface area contributed by atoms with Gasteiger partial charge in [0.25, 0.3) is 11.8 Å². The summed E-state index contributed by atoms with van der Waals surface area (Å²) in [5, 5.41) is 2.88. The molecule has 0 aliphatic carbocycles. The van der Waals surface area contributed by atoms with Gasteiger partial charge < -0.3 is 15.8 Å². The molecule has 2 aromatic carbocycles. The molecule has 1 unspecified atom stereocenters. The third-order valence-corrected chi connectivity index (χ3v) is 3.54. The fraction of sp³-hybridized carbons (Fsp3) is 0.222. The fourth-order valence-corrected chi connectivity index (χ4v) is 2.37. The van der Waals surface area contributed by atoms with E-state index in [1.165, 1.54) is 0 Å². The van der Waals surface area contributed by atoms with Crippen LogP contribution in [0.25, 0.3) is 0 Å². The van der Waals surface area contributed by atoms with Gasteiger partial charge >= 0.3 is 0 Å². The van der Waals surface area contributed by atoms with Crippen LogP contribution in [0.3, 0.4) is 0 Å². The minimum atomic E-state index is -0.589. The maximum Gasteiger partial charge on any atom is 0.258 e. The third kappa shape index (κ3) is 4.32. The lowest BCUT2D eigenvalue weighted by Gasteiger charge is -2.17. The van der Waals surface area contributed by atoms with Gasteiger partial charge in [-0.25, -0.2) is 0 Å². The molecule has 5 heteroatoms. The second-order valence-corrected chi connectivity index (χ2v) is 5.29. The number of benzene rings is 2. The molecule has 2 aromatic rings. The number of aryl methyl sites for hydroxylation is 1. The second kappa shape index (κ2) is 7.45. The number of primary amides is 1. The average Bonchev–Trinajstić information content (AvgIpc) is 2.53. The van der Waals surface area contributed by atoms with Crippen LogP contribution in [0.15, 0.2) is 48.5 Å². The number of carbonyl (C=O) groups is 2. The number of rotatable bonds is 6. The highest BCUT2D eigenvalue weighted by Crippen LogP contribution is 2.18. The van der Waals surface area contributed by atoms with E-state index in [1.807, 2.05) is 38.1 Å². The van der Waals surface area contributed by atoms with Crippen molar-refractivity contribution in [1.29, 1.82) is 0 Å². The van der Waals surface area contributed by atoms with E-state index in [4.69, 9.17) is 10.5 Å². The Bertz CT molecular complexity index is 713. The molecule has 0 radical (unpaired) electrons. The van der Waals surface area contributed by atoms with E-state index in [-0.39, 0.29) is 24.1 Å². The molecule has 0 heterocycles. The van der Waals surface area contributed by atoms with E-state index in [9.17, 15) is 9.59 Å². The fourth-order valence-electron chi connectivity index (χ4n) is 2.37. The van der Waals surface area contributed by atoms with E-state index >= 15 is 0 Å². The van der Waals surface area contributed by atoms with Crippen molar-refractivity contribution in [2.45, 2.75) is 19.9 Å². The summed E-state index contributed by atoms with van der Waals surface area (Å²) in [5.41, 5.74) is 7.70. The molecule has 0 saturated heterocycles. The molecule has 2 rings (SSSR count). The highest BCUT2D eigenvalue weighted by molar-refractivity contribution is 5.95. The molecule has 23 heavy (non-hydrogen) atoms. The Kier molecular flexibility index (Phi) is 5.36. The van der Waals surface area contributed by atoms with Crippen LogP contribution in [0.1, 0.15) is 34.5 Å². The summed E-state index contributed by atoms with van der Waals surface area (Å²) in [7, 11) is 0. The van der Waals surface area contributed by atoms with Crippen LogP contribution < -0.4 is 15.8 Å². The van der Waals surface area contributed by atoms with E-state index in [1.54, 1.807) is 24.3 Å². The van der Waals surface area contributed by atoms with Gasteiger partial charge in [0.2, 0.25) is 0 Å². The van der Waals surface area contributed by atoms with Crippen molar-refractivity contribution in [3.8, 4) is 5.75 Å². The van der Waals surface area contributed by atoms with E-state index in [0.29, 0.717) is 5.75 Å². The van der Waals surface area contributed by atoms with Gasteiger partial charge in [-0.05, 0) is 37.1 Å². The number of carbonyl (C=O) groups excluding carboxylic acids is 2. The van der Waals surface area contributed by atoms with Gasteiger partial charge in [-0.2, -0.15) is 0 Å². The topological polar surface area (TPSA) is 81.4 Å². The minimum absolute atomic E-state index is 0.126. The Morgan fingerprint density at radius 1 is 1.13 bits per heavy atom. The van der Waals surface area contributed by atoms with E-state index in [0.717, 1.165) is 11.1 Å². The van der Waals surface area contributed by atoms with Crippen molar-refractivity contribution < 1.29 is 14.3 Å². The molecule has 0 bridgehead atoms. The first-order valence-corrected chi connectivity index (χ1v) is 7.35. The molecular formula is C18H20N2O3. The Hall–Kier alpha value is -2.82. The first kappa shape index (κ1) is 16.5. The predicted molar refractivity (Wildman–Crippen MR) is 88.2 cm³/mol. The van der Waals surface area contributed by atoms with Gasteiger partial charge in [0, 0.05) is 0 Å². The van der Waals surface area contributed by atoms with Gasteiger partial charge in [-0.3, -0.25) is 9.59 Å². The number of ether oxygens (including phenoxy) is 1. The minimum Gasteiger partial charge on any atom is -0.483 e. The van der Waals surface area contributed by atoms with Crippen LogP contribution in [0.2, 0.25) is 0 Å². The molecule has 0 spiro atoms. The Morgan fingerprint density at radius 3 is 2.48 bits per heavy atom. The Labute approximate surface area is 135 Å². The molecular weight excluding hydrogens is 292 g/mol. The van der Waals surface area contributed by atoms with Crippen molar-refractivity contribution in [2.24, 2.45) is 5.73 Å². The number of hydrogen-bond acceptors (Lipinski definition) is 3. The Balaban J connectivity index is 1.96. The van der Waals surface area contributed by atoms with E-state index in [2.05, 4.69) is 5.32 Å². The molecule has 2 amide bonds. The molecule has 0 aliphatic heterocycles. The molecule has 5 nitrogen and oxygen atoms in total. The molecule has 0 fully saturated rings. The highest BCUT2D eigenvalue weighted by atomic mass is 16.5. The van der Waals surface area contributed by atoms with Crippen LogP contribution in [0.5, 0.6) is 5.75 Å². The van der Waals surface area contributed by atoms with Gasteiger partial charge in [0.15, 0.2) is 6.61 Å². The maximum absolute atomic E-state index is 12.0. The molecule has 1 atom stereocenters. The number of nitrogens with two attached hydrogens (primary N) is 1. The predicted octanol–water partition coefficient (Wildman–Crippen LogP) is 2.35. The first-order chi connectivity index (χ1) is 11.0. The summed E-state index contributed by atoms with van der Waals surface area (Å²) >= 11 is 0. The summed E-state index contributed by atoms with van der Waals surface area (Å²) in [6.07, 6.45) is 0. The Morgan fingerprint density at radius 2 is 1.78 bits per heavy atom. The lowest BCUT2D eigenvalue weighted by atomic mass is 10.0. The molecule has 120 valence electrons. The highest BCUT2D eigenvalue weighted by Gasteiger charge is 2.13. The number of hydrogen-bond donors (Lipinski definition) is 2. The summed E-state index contributed by atoms with van der Waals surface area (Å²) in [6.45, 7) is 3.73. The smallest absolute Gasteiger partial charge is 0.258 e. The van der Waals surface area contributed by atoms with E-state index < -0.39 is 5.91 Å². The number of nitrogens with one attached hydrogen (secondary N) is 1. The summed E-state index contributed by atoms with van der Waals surface area (Å²) in [6, 6.07) is 14.3. The van der Waals surface area contributed by atoms with Crippen molar-refractivity contribution >= 4 is 11.8 Å². The molecule has 0 aliphatic rings. The van der Waals surface area contributed by atoms with Crippen molar-refractivity contribution in [3.63, 3.8) is 0 Å². The lowest BCUT2D eigenvalue weighted by Crippen LogP contribution is -2.31. The van der Waals surface area contributed by atoms with Crippen LogP contribution in [-0.2, 0) is 4.79 Å². The SMILES string of the molecule is Cc1ccccc1C(C)NC(=O)COc1ccccc1C(N)=O. The van der Waals surface area contributed by atoms with Crippen LogP contribution >= 0.6 is 0 Å². The number of amides is 2. The monoisotopic (exact) mass is 312 g/mol. The van der Waals surface area contributed by atoms with Crippen molar-refractivity contribution in [3.05, 3.63) is 65.2 Å². The summed E-state index contributed by atoms with van der Waals surface area (Å²) < 4.78 is 5.41. The van der Waals surface area contributed by atoms with Crippen LogP contribution in [0, 0.1) is 6.92 Å². The van der Waals surface area contributed by atoms with Gasteiger partial charge in [0.1, 0.15) is 5.75 Å². The van der Waals surface area contributed by atoms with Gasteiger partial charge in [-0.1, -0.05) is 36.4 Å². The molecule has 0 saturated carbocycles. The van der Waals surface area contributed by atoms with Crippen LogP contribution in [-0.4, -0.2) is 18.4 Å². The van der Waals surface area contributed by atoms with Gasteiger partial charge in [0.05, 0.1) is 11.6 Å². The normalized spacial score (nSPS) is 11.6.